The first-order valence-electron chi connectivity index (χ1n) is 24.9. The number of fused-ring (bicyclic) bond motifs is 8. The van der Waals surface area contributed by atoms with Crippen LogP contribution in [0, 0.1) is 0 Å². The van der Waals surface area contributed by atoms with Crippen molar-refractivity contribution in [3.63, 3.8) is 0 Å². The molecule has 73 heavy (non-hydrogen) atoms. The minimum Gasteiger partial charge on any atom is -0.310 e. The molecule has 0 fully saturated rings. The SMILES string of the molecule is c1ccc(N(c2ccccc2)c2cccc(C(c3cccc(-c4ccc5sc6cc(N(c7cccc8ccccc78)c7cccc8ccccc78)ccc6c5c4)c3)c3ccc4c(c3)sc3ccccc34)c2)cc1. The van der Waals surface area contributed by atoms with Crippen LogP contribution in [0.3, 0.4) is 0 Å². The van der Waals surface area contributed by atoms with E-state index in [2.05, 4.69) is 283 Å². The number of benzene rings is 12. The van der Waals surface area contributed by atoms with Crippen molar-refractivity contribution >= 4 is 119 Å². The van der Waals surface area contributed by atoms with Crippen molar-refractivity contribution in [3.05, 3.63) is 290 Å². The molecule has 0 aliphatic heterocycles. The van der Waals surface area contributed by atoms with Crippen LogP contribution in [-0.4, -0.2) is 0 Å². The van der Waals surface area contributed by atoms with Gasteiger partial charge in [0.1, 0.15) is 0 Å². The Bertz CT molecular complexity index is 4230. The molecule has 14 rings (SSSR count). The van der Waals surface area contributed by atoms with Gasteiger partial charge in [0, 0.05) is 79.8 Å². The highest BCUT2D eigenvalue weighted by Crippen LogP contribution is 2.47. The molecular weight excluding hydrogens is 921 g/mol. The van der Waals surface area contributed by atoms with E-state index in [1.165, 1.54) is 89.7 Å². The van der Waals surface area contributed by atoms with Gasteiger partial charge in [-0.15, -0.1) is 22.7 Å². The maximum atomic E-state index is 2.46. The van der Waals surface area contributed by atoms with Crippen LogP contribution in [0.2, 0.25) is 0 Å². The van der Waals surface area contributed by atoms with E-state index in [1.54, 1.807) is 0 Å². The van der Waals surface area contributed by atoms with Crippen molar-refractivity contribution in [2.75, 3.05) is 9.80 Å². The molecule has 1 atom stereocenters. The van der Waals surface area contributed by atoms with Crippen molar-refractivity contribution in [2.45, 2.75) is 5.92 Å². The number of hydrogen-bond acceptors (Lipinski definition) is 4. The van der Waals surface area contributed by atoms with E-state index in [1.807, 2.05) is 22.7 Å². The summed E-state index contributed by atoms with van der Waals surface area (Å²) in [6.07, 6.45) is 0. The molecule has 0 amide bonds. The Hall–Kier alpha value is -8.80. The van der Waals surface area contributed by atoms with E-state index in [-0.39, 0.29) is 5.92 Å². The van der Waals surface area contributed by atoms with E-state index in [0.717, 1.165) is 34.1 Å². The van der Waals surface area contributed by atoms with Crippen molar-refractivity contribution < 1.29 is 0 Å². The van der Waals surface area contributed by atoms with E-state index in [0.29, 0.717) is 0 Å². The molecule has 0 aliphatic carbocycles. The molecule has 344 valence electrons. The predicted octanol–water partition coefficient (Wildman–Crippen LogP) is 20.5. The summed E-state index contributed by atoms with van der Waals surface area (Å²) in [5.41, 5.74) is 13.0. The summed E-state index contributed by atoms with van der Waals surface area (Å²) in [5, 5.41) is 10.1. The number of rotatable bonds is 10. The summed E-state index contributed by atoms with van der Waals surface area (Å²) < 4.78 is 5.17. The lowest BCUT2D eigenvalue weighted by atomic mass is 9.83. The lowest BCUT2D eigenvalue weighted by molar-refractivity contribution is 0.980. The van der Waals surface area contributed by atoms with Crippen LogP contribution in [0.1, 0.15) is 22.6 Å². The van der Waals surface area contributed by atoms with Crippen molar-refractivity contribution in [2.24, 2.45) is 0 Å². The maximum Gasteiger partial charge on any atom is 0.0540 e. The number of hydrogen-bond donors (Lipinski definition) is 0. The Balaban J connectivity index is 0.886. The van der Waals surface area contributed by atoms with Gasteiger partial charge in [-0.3, -0.25) is 0 Å². The van der Waals surface area contributed by atoms with Crippen molar-refractivity contribution in [3.8, 4) is 11.1 Å². The fourth-order valence-corrected chi connectivity index (χ4v) is 13.4. The minimum absolute atomic E-state index is 0.0292. The highest BCUT2D eigenvalue weighted by Gasteiger charge is 2.23. The topological polar surface area (TPSA) is 6.48 Å². The normalized spacial score (nSPS) is 12.1. The fraction of sp³-hybridized carbons (Fsp3) is 0.0145. The van der Waals surface area contributed by atoms with Gasteiger partial charge in [-0.2, -0.15) is 0 Å². The molecule has 14 aromatic rings. The molecule has 12 aromatic carbocycles. The quantitative estimate of drug-likeness (QED) is 0.126. The Kier molecular flexibility index (Phi) is 10.7. The van der Waals surface area contributed by atoms with Crippen LogP contribution < -0.4 is 9.80 Å². The average Bonchev–Trinajstić information content (AvgIpc) is 4.02. The summed E-state index contributed by atoms with van der Waals surface area (Å²) in [4.78, 5) is 4.82. The summed E-state index contributed by atoms with van der Waals surface area (Å²) in [6, 6.07) is 101. The average molecular weight is 967 g/mol. The predicted molar refractivity (Wildman–Crippen MR) is 316 cm³/mol. The molecular formula is C69H46N2S2. The molecule has 0 radical (unpaired) electrons. The van der Waals surface area contributed by atoms with Crippen molar-refractivity contribution in [1.82, 2.24) is 0 Å². The summed E-state index contributed by atoms with van der Waals surface area (Å²) in [5.74, 6) is -0.0292. The Morgan fingerprint density at radius 3 is 1.44 bits per heavy atom. The fourth-order valence-electron chi connectivity index (χ4n) is 11.1. The minimum atomic E-state index is -0.0292. The molecule has 0 saturated heterocycles. The molecule has 4 heteroatoms. The summed E-state index contributed by atoms with van der Waals surface area (Å²) in [7, 11) is 0. The highest BCUT2D eigenvalue weighted by atomic mass is 32.1. The van der Waals surface area contributed by atoms with Gasteiger partial charge in [0.15, 0.2) is 0 Å². The molecule has 0 bridgehead atoms. The van der Waals surface area contributed by atoms with Crippen LogP contribution in [0.25, 0.3) is 73.0 Å². The lowest BCUT2D eigenvalue weighted by Gasteiger charge is -2.28. The number of para-hydroxylation sites is 2. The van der Waals surface area contributed by atoms with Gasteiger partial charge < -0.3 is 9.80 Å². The molecule has 0 saturated carbocycles. The molecule has 0 N–H and O–H groups in total. The lowest BCUT2D eigenvalue weighted by Crippen LogP contribution is -2.11. The van der Waals surface area contributed by atoms with E-state index in [9.17, 15) is 0 Å². The maximum absolute atomic E-state index is 2.46. The molecule has 1 unspecified atom stereocenters. The second kappa shape index (κ2) is 18.1. The molecule has 2 nitrogen and oxygen atoms in total. The monoisotopic (exact) mass is 966 g/mol. The zero-order valence-electron chi connectivity index (χ0n) is 39.8. The number of thiophene rings is 2. The smallest absolute Gasteiger partial charge is 0.0540 e. The van der Waals surface area contributed by atoms with E-state index < -0.39 is 0 Å². The van der Waals surface area contributed by atoms with Gasteiger partial charge in [0.05, 0.1) is 11.4 Å². The van der Waals surface area contributed by atoms with Gasteiger partial charge >= 0.3 is 0 Å². The number of nitrogens with zero attached hydrogens (tertiary/aromatic N) is 2. The standard InChI is InChI=1S/C69H46N2S2/c1-3-24-53(25-4-1)70(54-26-5-2-6-27-54)55-28-14-23-51(42-55)69(52-35-38-60-59-31-11-12-34-65(59)72-67(60)44-52)50-22-13-21-48(41-50)49-36-40-66-62(43-49)61-39-37-56(45-68(61)73-66)71(63-32-15-19-46-17-7-9-29-57(46)63)64-33-16-20-47-18-8-10-30-58(47)64/h1-45,69H. The third-order valence-electron chi connectivity index (χ3n) is 14.5. The zero-order valence-corrected chi connectivity index (χ0v) is 41.4. The van der Waals surface area contributed by atoms with Gasteiger partial charge in [-0.25, -0.2) is 0 Å². The van der Waals surface area contributed by atoms with E-state index >= 15 is 0 Å². The summed E-state index contributed by atoms with van der Waals surface area (Å²) >= 11 is 3.75. The first-order chi connectivity index (χ1) is 36.2. The van der Waals surface area contributed by atoms with Crippen LogP contribution in [-0.2, 0) is 0 Å². The molecule has 2 aromatic heterocycles. The Morgan fingerprint density at radius 2 is 0.726 bits per heavy atom. The zero-order chi connectivity index (χ0) is 48.2. The van der Waals surface area contributed by atoms with Gasteiger partial charge in [0.2, 0.25) is 0 Å². The molecule has 0 spiro atoms. The van der Waals surface area contributed by atoms with Crippen LogP contribution in [0.4, 0.5) is 34.1 Å². The van der Waals surface area contributed by atoms with Gasteiger partial charge in [0.25, 0.3) is 0 Å². The Labute approximate surface area is 432 Å². The second-order valence-electron chi connectivity index (χ2n) is 18.8. The van der Waals surface area contributed by atoms with Crippen LogP contribution in [0.15, 0.2) is 273 Å². The third kappa shape index (κ3) is 7.71. The molecule has 0 aliphatic rings. The first-order valence-corrected chi connectivity index (χ1v) is 26.6. The first kappa shape index (κ1) is 43.0. The second-order valence-corrected chi connectivity index (χ2v) is 21.0. The number of anilines is 6. The molecule has 2 heterocycles. The summed E-state index contributed by atoms with van der Waals surface area (Å²) in [6.45, 7) is 0. The van der Waals surface area contributed by atoms with Crippen LogP contribution in [0.5, 0.6) is 0 Å². The van der Waals surface area contributed by atoms with E-state index in [4.69, 9.17) is 0 Å². The van der Waals surface area contributed by atoms with Crippen molar-refractivity contribution in [1.29, 1.82) is 0 Å². The van der Waals surface area contributed by atoms with Crippen LogP contribution >= 0.6 is 22.7 Å². The van der Waals surface area contributed by atoms with Gasteiger partial charge in [-0.1, -0.05) is 188 Å². The highest BCUT2D eigenvalue weighted by molar-refractivity contribution is 7.26. The Morgan fingerprint density at radius 1 is 0.247 bits per heavy atom. The largest absolute Gasteiger partial charge is 0.310 e. The third-order valence-corrected chi connectivity index (χ3v) is 16.8. The van der Waals surface area contributed by atoms with Gasteiger partial charge in [-0.05, 0) is 124 Å².